The number of nitrogens with two attached hydrogens (primary N) is 1. The molecule has 2 N–H and O–H groups in total. The average molecular weight is 250 g/mol. The van der Waals surface area contributed by atoms with Crippen LogP contribution in [0.5, 0.6) is 0 Å². The van der Waals surface area contributed by atoms with Crippen LogP contribution in [0.1, 0.15) is 20.8 Å². The van der Waals surface area contributed by atoms with Crippen LogP contribution in [0.4, 0.5) is 0 Å². The Balaban J connectivity index is 3.02. The van der Waals surface area contributed by atoms with Crippen molar-refractivity contribution in [3.63, 3.8) is 0 Å². The first kappa shape index (κ1) is 11.6. The van der Waals surface area contributed by atoms with Gasteiger partial charge in [0, 0.05) is 5.38 Å². The Labute approximate surface area is 89.1 Å². The summed E-state index contributed by atoms with van der Waals surface area (Å²) in [6, 6.07) is 0. The van der Waals surface area contributed by atoms with Crippen LogP contribution in [0.3, 0.4) is 0 Å². The SMILES string of the molecule is CS(=O)(=O)OC(=O)c1csnc1C(N)=O. The minimum Gasteiger partial charge on any atom is -0.364 e. The first-order valence-corrected chi connectivity index (χ1v) is 6.14. The first-order valence-electron chi connectivity index (χ1n) is 3.49. The van der Waals surface area contributed by atoms with Gasteiger partial charge in [-0.3, -0.25) is 4.79 Å². The zero-order valence-corrected chi connectivity index (χ0v) is 9.09. The predicted molar refractivity (Wildman–Crippen MR) is 50.9 cm³/mol. The van der Waals surface area contributed by atoms with Gasteiger partial charge in [-0.05, 0) is 11.5 Å². The van der Waals surface area contributed by atoms with Crippen molar-refractivity contribution in [3.05, 3.63) is 16.6 Å². The van der Waals surface area contributed by atoms with E-state index in [-0.39, 0.29) is 11.3 Å². The zero-order valence-electron chi connectivity index (χ0n) is 7.46. The smallest absolute Gasteiger partial charge is 0.357 e. The molecular formula is C6H6N2O5S2. The van der Waals surface area contributed by atoms with Gasteiger partial charge in [-0.2, -0.15) is 12.8 Å². The molecule has 0 fully saturated rings. The van der Waals surface area contributed by atoms with Crippen molar-refractivity contribution >= 4 is 33.5 Å². The molecule has 0 spiro atoms. The second-order valence-corrected chi connectivity index (χ2v) is 4.72. The molecule has 9 heteroatoms. The Kier molecular flexibility index (Phi) is 3.05. The summed E-state index contributed by atoms with van der Waals surface area (Å²) in [6.07, 6.45) is 0.717. The number of carbonyl (C=O) groups excluding carboxylic acids is 2. The Bertz CT molecular complexity index is 503. The van der Waals surface area contributed by atoms with Crippen molar-refractivity contribution in [2.45, 2.75) is 0 Å². The van der Waals surface area contributed by atoms with Gasteiger partial charge in [0.1, 0.15) is 5.56 Å². The maximum atomic E-state index is 11.2. The van der Waals surface area contributed by atoms with E-state index in [1.165, 1.54) is 5.38 Å². The molecule has 82 valence electrons. The van der Waals surface area contributed by atoms with Gasteiger partial charge in [-0.15, -0.1) is 0 Å². The summed E-state index contributed by atoms with van der Waals surface area (Å²) in [5.41, 5.74) is 4.36. The second kappa shape index (κ2) is 3.95. The van der Waals surface area contributed by atoms with Crippen molar-refractivity contribution in [2.24, 2.45) is 5.73 Å². The summed E-state index contributed by atoms with van der Waals surface area (Å²) >= 11 is 0.802. The van der Waals surface area contributed by atoms with Gasteiger partial charge in [0.2, 0.25) is 0 Å². The van der Waals surface area contributed by atoms with Crippen molar-refractivity contribution in [2.75, 3.05) is 6.26 Å². The van der Waals surface area contributed by atoms with Crippen molar-refractivity contribution in [3.8, 4) is 0 Å². The van der Waals surface area contributed by atoms with E-state index in [2.05, 4.69) is 8.56 Å². The van der Waals surface area contributed by atoms with Crippen LogP contribution in [-0.4, -0.2) is 30.9 Å². The summed E-state index contributed by atoms with van der Waals surface area (Å²) in [6.45, 7) is 0. The molecule has 0 aliphatic carbocycles. The average Bonchev–Trinajstić information content (AvgIpc) is 2.47. The lowest BCUT2D eigenvalue weighted by Crippen LogP contribution is -2.18. The van der Waals surface area contributed by atoms with E-state index in [0.29, 0.717) is 6.26 Å². The van der Waals surface area contributed by atoms with E-state index in [1.54, 1.807) is 0 Å². The Hall–Kier alpha value is -1.48. The molecule has 0 unspecified atom stereocenters. The van der Waals surface area contributed by atoms with Gasteiger partial charge in [0.05, 0.1) is 6.26 Å². The lowest BCUT2D eigenvalue weighted by atomic mass is 10.2. The monoisotopic (exact) mass is 250 g/mol. The number of primary amides is 1. The number of nitrogens with zero attached hydrogens (tertiary/aromatic N) is 1. The highest BCUT2D eigenvalue weighted by molar-refractivity contribution is 7.86. The molecule has 1 aromatic rings. The molecule has 7 nitrogen and oxygen atoms in total. The van der Waals surface area contributed by atoms with E-state index in [4.69, 9.17) is 5.73 Å². The molecule has 0 saturated carbocycles. The van der Waals surface area contributed by atoms with Crippen molar-refractivity contribution in [1.29, 1.82) is 0 Å². The first-order chi connectivity index (χ1) is 6.81. The van der Waals surface area contributed by atoms with Gasteiger partial charge in [-0.25, -0.2) is 4.79 Å². The number of carbonyl (C=O) groups is 2. The van der Waals surface area contributed by atoms with E-state index in [0.717, 1.165) is 11.5 Å². The molecule has 15 heavy (non-hydrogen) atoms. The third kappa shape index (κ3) is 2.99. The highest BCUT2D eigenvalue weighted by Gasteiger charge is 2.22. The second-order valence-electron chi connectivity index (χ2n) is 2.52. The number of rotatable bonds is 3. The summed E-state index contributed by atoms with van der Waals surface area (Å²) in [4.78, 5) is 22.0. The summed E-state index contributed by atoms with van der Waals surface area (Å²) in [5, 5.41) is 1.19. The predicted octanol–water partition coefficient (Wildman–Crippen LogP) is -0.642. The lowest BCUT2D eigenvalue weighted by molar-refractivity contribution is 0.0743. The summed E-state index contributed by atoms with van der Waals surface area (Å²) in [7, 11) is -3.92. The molecule has 0 saturated heterocycles. The Morgan fingerprint density at radius 3 is 2.60 bits per heavy atom. The standard InChI is InChI=1S/C6H6N2O5S2/c1-15(11,12)13-6(10)3-2-14-8-4(3)5(7)9/h2H,1H3,(H2,7,9). The normalized spacial score (nSPS) is 11.0. The minimum atomic E-state index is -3.92. The molecule has 0 bridgehead atoms. The fraction of sp³-hybridized carbons (Fsp3) is 0.167. The molecule has 0 aromatic carbocycles. The largest absolute Gasteiger partial charge is 0.364 e. The summed E-state index contributed by atoms with van der Waals surface area (Å²) in [5.74, 6) is -2.09. The Morgan fingerprint density at radius 1 is 1.53 bits per heavy atom. The molecule has 1 rings (SSSR count). The zero-order chi connectivity index (χ0) is 11.6. The van der Waals surface area contributed by atoms with Gasteiger partial charge in [-0.1, -0.05) is 0 Å². The van der Waals surface area contributed by atoms with Crippen LogP contribution >= 0.6 is 11.5 Å². The summed E-state index contributed by atoms with van der Waals surface area (Å²) < 4.78 is 28.9. The lowest BCUT2D eigenvalue weighted by Gasteiger charge is -1.99. The number of aromatic nitrogens is 1. The van der Waals surface area contributed by atoms with E-state index in [9.17, 15) is 18.0 Å². The molecular weight excluding hydrogens is 244 g/mol. The van der Waals surface area contributed by atoms with Gasteiger partial charge in [0.25, 0.3) is 5.91 Å². The van der Waals surface area contributed by atoms with Gasteiger partial charge >= 0.3 is 16.1 Å². The van der Waals surface area contributed by atoms with Gasteiger partial charge < -0.3 is 9.92 Å². The molecule has 0 atom stereocenters. The van der Waals surface area contributed by atoms with Crippen LogP contribution < -0.4 is 5.73 Å². The highest BCUT2D eigenvalue weighted by atomic mass is 32.2. The maximum Gasteiger partial charge on any atom is 0.357 e. The van der Waals surface area contributed by atoms with E-state index in [1.807, 2.05) is 0 Å². The molecule has 1 aromatic heterocycles. The number of hydrogen-bond acceptors (Lipinski definition) is 7. The number of hydrogen-bond donors (Lipinski definition) is 1. The molecule has 0 aliphatic heterocycles. The van der Waals surface area contributed by atoms with Crippen LogP contribution in [0.2, 0.25) is 0 Å². The maximum absolute atomic E-state index is 11.2. The quantitative estimate of drug-likeness (QED) is 0.713. The molecule has 0 radical (unpaired) electrons. The third-order valence-corrected chi connectivity index (χ3v) is 2.33. The fourth-order valence-corrected chi connectivity index (χ4v) is 1.77. The van der Waals surface area contributed by atoms with E-state index >= 15 is 0 Å². The topological polar surface area (TPSA) is 116 Å². The Morgan fingerprint density at radius 2 is 2.13 bits per heavy atom. The highest BCUT2D eigenvalue weighted by Crippen LogP contribution is 2.12. The molecule has 1 heterocycles. The number of amides is 1. The van der Waals surface area contributed by atoms with E-state index < -0.39 is 22.0 Å². The van der Waals surface area contributed by atoms with Crippen LogP contribution in [0.25, 0.3) is 0 Å². The fourth-order valence-electron chi connectivity index (χ4n) is 0.742. The van der Waals surface area contributed by atoms with Crippen LogP contribution in [0.15, 0.2) is 5.38 Å². The molecule has 0 aliphatic rings. The van der Waals surface area contributed by atoms with Crippen molar-refractivity contribution < 1.29 is 22.2 Å². The third-order valence-electron chi connectivity index (χ3n) is 1.25. The van der Waals surface area contributed by atoms with Crippen molar-refractivity contribution in [1.82, 2.24) is 4.37 Å². The van der Waals surface area contributed by atoms with Gasteiger partial charge in [0.15, 0.2) is 5.69 Å². The van der Waals surface area contributed by atoms with Crippen LogP contribution in [0, 0.1) is 0 Å². The van der Waals surface area contributed by atoms with Crippen LogP contribution in [-0.2, 0) is 14.3 Å². The minimum absolute atomic E-state index is 0.252. The molecule has 1 amide bonds.